The van der Waals surface area contributed by atoms with Crippen LogP contribution in [0.1, 0.15) is 30.5 Å². The molecular weight excluding hydrogens is 274 g/mol. The number of ether oxygens (including phenoxy) is 2. The number of hydrogen-bond acceptors (Lipinski definition) is 3. The molecule has 2 rings (SSSR count). The third-order valence-electron chi connectivity index (χ3n) is 3.63. The van der Waals surface area contributed by atoms with Gasteiger partial charge in [-0.2, -0.15) is 0 Å². The average molecular weight is 299 g/mol. The summed E-state index contributed by atoms with van der Waals surface area (Å²) in [5.74, 6) is 1.72. The molecule has 0 fully saturated rings. The Morgan fingerprint density at radius 3 is 2.32 bits per heavy atom. The van der Waals surface area contributed by atoms with E-state index in [0.29, 0.717) is 6.61 Å². The molecule has 1 unspecified atom stereocenters. The van der Waals surface area contributed by atoms with Crippen LogP contribution in [0.3, 0.4) is 0 Å². The third-order valence-corrected chi connectivity index (χ3v) is 3.63. The lowest BCUT2D eigenvalue weighted by atomic mass is 10.0. The highest BCUT2D eigenvalue weighted by atomic mass is 16.5. The monoisotopic (exact) mass is 299 g/mol. The smallest absolute Gasteiger partial charge is 0.125 e. The molecular formula is C19H25NO2. The zero-order valence-electron chi connectivity index (χ0n) is 13.6. The quantitative estimate of drug-likeness (QED) is 0.847. The van der Waals surface area contributed by atoms with E-state index in [1.165, 1.54) is 11.1 Å². The fourth-order valence-electron chi connectivity index (χ4n) is 2.43. The Labute approximate surface area is 133 Å². The van der Waals surface area contributed by atoms with Crippen molar-refractivity contribution in [2.45, 2.75) is 39.3 Å². The normalized spacial score (nSPS) is 12.0. The first-order valence-electron chi connectivity index (χ1n) is 7.75. The highest BCUT2D eigenvalue weighted by molar-refractivity contribution is 5.38. The lowest BCUT2D eigenvalue weighted by Gasteiger charge is -2.13. The van der Waals surface area contributed by atoms with Crippen LogP contribution in [-0.4, -0.2) is 13.2 Å². The molecule has 1 atom stereocenters. The number of nitrogens with two attached hydrogens (primary N) is 1. The van der Waals surface area contributed by atoms with E-state index in [4.69, 9.17) is 15.2 Å². The van der Waals surface area contributed by atoms with Crippen molar-refractivity contribution in [3.05, 3.63) is 59.2 Å². The minimum absolute atomic E-state index is 0.142. The van der Waals surface area contributed by atoms with Gasteiger partial charge in [0.2, 0.25) is 0 Å². The third kappa shape index (κ3) is 4.50. The van der Waals surface area contributed by atoms with Crippen LogP contribution in [0.25, 0.3) is 0 Å². The first-order valence-corrected chi connectivity index (χ1v) is 7.75. The first-order chi connectivity index (χ1) is 10.6. The van der Waals surface area contributed by atoms with Gasteiger partial charge in [0.25, 0.3) is 0 Å². The Morgan fingerprint density at radius 1 is 1.05 bits per heavy atom. The molecule has 0 heterocycles. The van der Waals surface area contributed by atoms with E-state index in [2.05, 4.69) is 31.2 Å². The van der Waals surface area contributed by atoms with Crippen molar-refractivity contribution >= 4 is 0 Å². The lowest BCUT2D eigenvalue weighted by Crippen LogP contribution is -2.17. The zero-order valence-corrected chi connectivity index (χ0v) is 13.6. The number of aryl methyl sites for hydroxylation is 1. The first kappa shape index (κ1) is 16.4. The number of hydrogen-bond donors (Lipinski definition) is 1. The molecule has 0 amide bonds. The molecule has 2 N–H and O–H groups in total. The van der Waals surface area contributed by atoms with E-state index < -0.39 is 0 Å². The Bertz CT molecular complexity index is 591. The van der Waals surface area contributed by atoms with Gasteiger partial charge in [0.15, 0.2) is 0 Å². The predicted molar refractivity (Wildman–Crippen MR) is 90.5 cm³/mol. The van der Waals surface area contributed by atoms with Gasteiger partial charge >= 0.3 is 0 Å². The molecule has 118 valence electrons. The van der Waals surface area contributed by atoms with Crippen LogP contribution in [0.5, 0.6) is 11.5 Å². The fraction of sp³-hybridized carbons (Fsp3) is 0.368. The van der Waals surface area contributed by atoms with Gasteiger partial charge in [0.05, 0.1) is 7.11 Å². The molecule has 0 saturated carbocycles. The summed E-state index contributed by atoms with van der Waals surface area (Å²) in [4.78, 5) is 0. The van der Waals surface area contributed by atoms with Crippen LogP contribution < -0.4 is 15.2 Å². The van der Waals surface area contributed by atoms with E-state index >= 15 is 0 Å². The Balaban J connectivity index is 2.09. The highest BCUT2D eigenvalue weighted by Gasteiger charge is 2.07. The molecule has 3 nitrogen and oxygen atoms in total. The van der Waals surface area contributed by atoms with E-state index in [1.807, 2.05) is 25.1 Å². The summed E-state index contributed by atoms with van der Waals surface area (Å²) < 4.78 is 11.3. The van der Waals surface area contributed by atoms with Gasteiger partial charge in [-0.1, -0.05) is 25.1 Å². The summed E-state index contributed by atoms with van der Waals surface area (Å²) >= 11 is 0. The van der Waals surface area contributed by atoms with Crippen molar-refractivity contribution in [2.24, 2.45) is 5.73 Å². The summed E-state index contributed by atoms with van der Waals surface area (Å²) in [6.07, 6.45) is 1.88. The topological polar surface area (TPSA) is 44.5 Å². The minimum Gasteiger partial charge on any atom is -0.496 e. The maximum absolute atomic E-state index is 5.88. The number of methoxy groups -OCH3 is 1. The SMILES string of the molecule is CCc1ccc(OCc2cc(CC(C)N)ccc2OC)cc1. The van der Waals surface area contributed by atoms with Crippen molar-refractivity contribution in [3.8, 4) is 11.5 Å². The summed E-state index contributed by atoms with van der Waals surface area (Å²) in [5, 5.41) is 0. The second-order valence-electron chi connectivity index (χ2n) is 5.61. The van der Waals surface area contributed by atoms with Gasteiger partial charge in [0, 0.05) is 11.6 Å². The maximum Gasteiger partial charge on any atom is 0.125 e. The van der Waals surface area contributed by atoms with Crippen LogP contribution in [0, 0.1) is 0 Å². The summed E-state index contributed by atoms with van der Waals surface area (Å²) in [7, 11) is 1.68. The molecule has 0 aromatic heterocycles. The molecule has 0 spiro atoms. The van der Waals surface area contributed by atoms with E-state index in [0.717, 1.165) is 29.9 Å². The van der Waals surface area contributed by atoms with Crippen LogP contribution in [0.15, 0.2) is 42.5 Å². The molecule has 0 aliphatic heterocycles. The van der Waals surface area contributed by atoms with Crippen molar-refractivity contribution in [3.63, 3.8) is 0 Å². The molecule has 0 saturated heterocycles. The predicted octanol–water partition coefficient (Wildman–Crippen LogP) is 3.73. The van der Waals surface area contributed by atoms with Gasteiger partial charge < -0.3 is 15.2 Å². The van der Waals surface area contributed by atoms with Crippen molar-refractivity contribution in [1.29, 1.82) is 0 Å². The van der Waals surface area contributed by atoms with Crippen LogP contribution in [-0.2, 0) is 19.4 Å². The van der Waals surface area contributed by atoms with Gasteiger partial charge in [-0.05, 0) is 55.2 Å². The second-order valence-corrected chi connectivity index (χ2v) is 5.61. The van der Waals surface area contributed by atoms with Crippen molar-refractivity contribution in [2.75, 3.05) is 7.11 Å². The molecule has 2 aromatic carbocycles. The number of rotatable bonds is 7. The number of benzene rings is 2. The van der Waals surface area contributed by atoms with Crippen molar-refractivity contribution < 1.29 is 9.47 Å². The van der Waals surface area contributed by atoms with E-state index in [9.17, 15) is 0 Å². The Morgan fingerprint density at radius 2 is 1.73 bits per heavy atom. The highest BCUT2D eigenvalue weighted by Crippen LogP contribution is 2.23. The molecule has 2 aromatic rings. The van der Waals surface area contributed by atoms with Gasteiger partial charge in [-0.3, -0.25) is 0 Å². The zero-order chi connectivity index (χ0) is 15.9. The molecule has 22 heavy (non-hydrogen) atoms. The molecule has 0 radical (unpaired) electrons. The fourth-order valence-corrected chi connectivity index (χ4v) is 2.43. The summed E-state index contributed by atoms with van der Waals surface area (Å²) in [6.45, 7) is 4.64. The second kappa shape index (κ2) is 7.85. The average Bonchev–Trinajstić information content (AvgIpc) is 2.53. The van der Waals surface area contributed by atoms with Crippen LogP contribution >= 0.6 is 0 Å². The Hall–Kier alpha value is -2.00. The van der Waals surface area contributed by atoms with Gasteiger partial charge in [-0.15, -0.1) is 0 Å². The molecule has 0 aliphatic rings. The standard InChI is InChI=1S/C19H25NO2/c1-4-15-5-8-18(9-6-15)22-13-17-12-16(11-14(2)20)7-10-19(17)21-3/h5-10,12,14H,4,11,13,20H2,1-3H3. The van der Waals surface area contributed by atoms with E-state index in [1.54, 1.807) is 7.11 Å². The summed E-state index contributed by atoms with van der Waals surface area (Å²) in [5.41, 5.74) is 9.43. The Kier molecular flexibility index (Phi) is 5.84. The molecule has 0 aliphatic carbocycles. The molecule has 3 heteroatoms. The summed E-state index contributed by atoms with van der Waals surface area (Å²) in [6, 6.07) is 14.5. The lowest BCUT2D eigenvalue weighted by molar-refractivity contribution is 0.296. The maximum atomic E-state index is 5.88. The van der Waals surface area contributed by atoms with Crippen molar-refractivity contribution in [1.82, 2.24) is 0 Å². The van der Waals surface area contributed by atoms with Crippen LogP contribution in [0.4, 0.5) is 0 Å². The van der Waals surface area contributed by atoms with Crippen LogP contribution in [0.2, 0.25) is 0 Å². The van der Waals surface area contributed by atoms with Gasteiger partial charge in [0.1, 0.15) is 18.1 Å². The largest absolute Gasteiger partial charge is 0.496 e. The molecule has 0 bridgehead atoms. The minimum atomic E-state index is 0.142. The van der Waals surface area contributed by atoms with E-state index in [-0.39, 0.29) is 6.04 Å². The van der Waals surface area contributed by atoms with Gasteiger partial charge in [-0.25, -0.2) is 0 Å².